The number of aromatic nitrogens is 3. The fourth-order valence-corrected chi connectivity index (χ4v) is 5.51. The van der Waals surface area contributed by atoms with E-state index in [0.717, 1.165) is 65.8 Å². The first kappa shape index (κ1) is 28.6. The largest absolute Gasteiger partial charge is 0.378 e. The molecule has 0 unspecified atom stereocenters. The van der Waals surface area contributed by atoms with Crippen LogP contribution in [0.15, 0.2) is 60.4 Å². The Morgan fingerprint density at radius 3 is 2.35 bits per heavy atom. The zero-order valence-corrected chi connectivity index (χ0v) is 24.5. The number of benzene rings is 1. The molecule has 0 bridgehead atoms. The highest BCUT2D eigenvalue weighted by molar-refractivity contribution is 5.99. The molecule has 1 saturated carbocycles. The number of morpholine rings is 1. The van der Waals surface area contributed by atoms with Crippen molar-refractivity contribution >= 4 is 35.0 Å². The number of anilines is 4. The van der Waals surface area contributed by atoms with Crippen LogP contribution < -0.4 is 20.9 Å². The second-order valence-corrected chi connectivity index (χ2v) is 11.4. The van der Waals surface area contributed by atoms with Crippen molar-refractivity contribution in [2.45, 2.75) is 26.2 Å². The molecule has 11 heteroatoms. The lowest BCUT2D eigenvalue weighted by molar-refractivity contribution is -0.130. The second kappa shape index (κ2) is 12.8. The van der Waals surface area contributed by atoms with Crippen LogP contribution in [0, 0.1) is 5.92 Å². The maximum Gasteiger partial charge on any atom is 0.248 e. The molecule has 224 valence electrons. The zero-order valence-electron chi connectivity index (χ0n) is 24.5. The van der Waals surface area contributed by atoms with Crippen molar-refractivity contribution in [1.82, 2.24) is 19.9 Å². The van der Waals surface area contributed by atoms with E-state index in [0.29, 0.717) is 38.6 Å². The summed E-state index contributed by atoms with van der Waals surface area (Å²) in [6, 6.07) is 11.7. The highest BCUT2D eigenvalue weighted by atomic mass is 16.5. The summed E-state index contributed by atoms with van der Waals surface area (Å²) in [6.45, 7) is 7.61. The van der Waals surface area contributed by atoms with Crippen molar-refractivity contribution in [3.05, 3.63) is 66.0 Å². The molecule has 3 N–H and O–H groups in total. The van der Waals surface area contributed by atoms with E-state index in [4.69, 9.17) is 15.5 Å². The molecule has 6 rings (SSSR count). The van der Waals surface area contributed by atoms with Gasteiger partial charge < -0.3 is 30.5 Å². The van der Waals surface area contributed by atoms with E-state index >= 15 is 0 Å². The van der Waals surface area contributed by atoms with E-state index in [1.165, 1.54) is 12.8 Å². The van der Waals surface area contributed by atoms with Gasteiger partial charge in [0.05, 0.1) is 25.3 Å². The number of nitrogens with zero attached hydrogens (tertiary/aromatic N) is 6. The van der Waals surface area contributed by atoms with Crippen LogP contribution >= 0.6 is 0 Å². The highest BCUT2D eigenvalue weighted by Gasteiger charge is 2.25. The van der Waals surface area contributed by atoms with Crippen LogP contribution in [-0.4, -0.2) is 84.1 Å². The van der Waals surface area contributed by atoms with Gasteiger partial charge in [0.2, 0.25) is 17.8 Å². The third kappa shape index (κ3) is 7.29. The van der Waals surface area contributed by atoms with Gasteiger partial charge in [0, 0.05) is 80.7 Å². The molecule has 4 heterocycles. The molecular formula is C32H38N8O3. The van der Waals surface area contributed by atoms with Gasteiger partial charge in [-0.25, -0.2) is 15.0 Å². The lowest BCUT2D eigenvalue weighted by Gasteiger charge is -2.37. The van der Waals surface area contributed by atoms with Crippen molar-refractivity contribution < 1.29 is 14.3 Å². The Morgan fingerprint density at radius 1 is 0.977 bits per heavy atom. The molecule has 3 aromatic rings. The minimum absolute atomic E-state index is 0.0999. The van der Waals surface area contributed by atoms with Gasteiger partial charge in [-0.05, 0) is 49.4 Å². The number of nitrogens with one attached hydrogen (secondary N) is 1. The maximum atomic E-state index is 13.2. The Balaban J connectivity index is 1.07. The average molecular weight is 583 g/mol. The van der Waals surface area contributed by atoms with Crippen LogP contribution in [0.1, 0.15) is 25.3 Å². The quantitative estimate of drug-likeness (QED) is 0.385. The molecule has 2 aliphatic heterocycles. The lowest BCUT2D eigenvalue weighted by atomic mass is 10.1. The minimum atomic E-state index is -0.105. The van der Waals surface area contributed by atoms with Gasteiger partial charge in [-0.1, -0.05) is 17.7 Å². The molecule has 0 radical (unpaired) electrons. The Labute approximate surface area is 251 Å². The van der Waals surface area contributed by atoms with E-state index < -0.39 is 0 Å². The Hall–Kier alpha value is -4.51. The molecule has 1 aliphatic carbocycles. The molecule has 3 fully saturated rings. The summed E-state index contributed by atoms with van der Waals surface area (Å²) in [6.07, 6.45) is 7.76. The first-order chi connectivity index (χ1) is 20.9. The van der Waals surface area contributed by atoms with Gasteiger partial charge >= 0.3 is 0 Å². The van der Waals surface area contributed by atoms with Crippen LogP contribution in [0.2, 0.25) is 0 Å². The standard InChI is InChI=1S/C32H38N8O3/c1-22(24-4-5-24)16-30(41)36-26-6-2-23(3-7-26)17-31(42)40-10-8-38(9-11-40)27-18-28(25-20-34-32(33)35-21-25)37-29(19-27)39-12-14-43-15-13-39/h2-3,6-7,16,18-21,24H,4-5,8-15,17H2,1H3,(H,36,41)(H2,33,34,35)/b22-16-. The number of ether oxygens (including phenoxy) is 1. The van der Waals surface area contributed by atoms with Crippen LogP contribution in [0.25, 0.3) is 11.3 Å². The zero-order chi connectivity index (χ0) is 29.8. The highest BCUT2D eigenvalue weighted by Crippen LogP contribution is 2.36. The third-order valence-electron chi connectivity index (χ3n) is 8.25. The van der Waals surface area contributed by atoms with Crippen molar-refractivity contribution in [3.8, 4) is 11.3 Å². The first-order valence-electron chi connectivity index (χ1n) is 14.9. The molecule has 43 heavy (non-hydrogen) atoms. The number of hydrogen-bond acceptors (Lipinski definition) is 9. The van der Waals surface area contributed by atoms with Crippen LogP contribution in [-0.2, 0) is 20.7 Å². The number of rotatable bonds is 8. The number of nitrogen functional groups attached to an aromatic ring is 1. The van der Waals surface area contributed by atoms with E-state index in [-0.39, 0.29) is 17.8 Å². The monoisotopic (exact) mass is 582 g/mol. The number of carbonyl (C=O) groups is 2. The lowest BCUT2D eigenvalue weighted by Crippen LogP contribution is -2.49. The van der Waals surface area contributed by atoms with Gasteiger partial charge in [-0.3, -0.25) is 9.59 Å². The topological polar surface area (TPSA) is 130 Å². The molecule has 2 amide bonds. The average Bonchev–Trinajstić information content (AvgIpc) is 3.89. The maximum absolute atomic E-state index is 13.2. The fraction of sp³-hybridized carbons (Fsp3) is 0.406. The molecule has 3 aliphatic rings. The smallest absolute Gasteiger partial charge is 0.248 e. The van der Waals surface area contributed by atoms with Crippen molar-refractivity contribution in [2.75, 3.05) is 73.3 Å². The summed E-state index contributed by atoms with van der Waals surface area (Å²) in [5, 5.41) is 2.92. The number of pyridine rings is 1. The van der Waals surface area contributed by atoms with Crippen LogP contribution in [0.5, 0.6) is 0 Å². The van der Waals surface area contributed by atoms with E-state index in [1.54, 1.807) is 18.5 Å². The second-order valence-electron chi connectivity index (χ2n) is 11.4. The molecule has 2 aromatic heterocycles. The Morgan fingerprint density at radius 2 is 1.67 bits per heavy atom. The first-order valence-corrected chi connectivity index (χ1v) is 14.9. The number of allylic oxidation sites excluding steroid dienone is 1. The van der Waals surface area contributed by atoms with Crippen LogP contribution in [0.3, 0.4) is 0 Å². The van der Waals surface area contributed by atoms with Crippen molar-refractivity contribution in [2.24, 2.45) is 5.92 Å². The summed E-state index contributed by atoms with van der Waals surface area (Å²) >= 11 is 0. The predicted molar refractivity (Wildman–Crippen MR) is 167 cm³/mol. The van der Waals surface area contributed by atoms with Gasteiger partial charge in [0.25, 0.3) is 0 Å². The van der Waals surface area contributed by atoms with E-state index in [9.17, 15) is 9.59 Å². The molecule has 1 aromatic carbocycles. The summed E-state index contributed by atoms with van der Waals surface area (Å²) in [5.41, 5.74) is 11.1. The minimum Gasteiger partial charge on any atom is -0.378 e. The van der Waals surface area contributed by atoms with Gasteiger partial charge in [-0.15, -0.1) is 0 Å². The molecule has 11 nitrogen and oxygen atoms in total. The molecular weight excluding hydrogens is 544 g/mol. The molecule has 0 spiro atoms. The number of piperazine rings is 1. The fourth-order valence-electron chi connectivity index (χ4n) is 5.51. The molecule has 2 saturated heterocycles. The number of amides is 2. The van der Waals surface area contributed by atoms with E-state index in [1.807, 2.05) is 36.1 Å². The van der Waals surface area contributed by atoms with Crippen molar-refractivity contribution in [3.63, 3.8) is 0 Å². The normalized spacial score (nSPS) is 17.6. The van der Waals surface area contributed by atoms with Gasteiger partial charge in [0.1, 0.15) is 5.82 Å². The summed E-state index contributed by atoms with van der Waals surface area (Å²) in [5.74, 6) is 1.68. The van der Waals surface area contributed by atoms with Gasteiger partial charge in [-0.2, -0.15) is 0 Å². The third-order valence-corrected chi connectivity index (χ3v) is 8.25. The Bertz CT molecular complexity index is 1470. The Kier molecular flexibility index (Phi) is 8.50. The van der Waals surface area contributed by atoms with Crippen molar-refractivity contribution in [1.29, 1.82) is 0 Å². The summed E-state index contributed by atoms with van der Waals surface area (Å²) < 4.78 is 5.54. The summed E-state index contributed by atoms with van der Waals surface area (Å²) in [4.78, 5) is 45.1. The van der Waals surface area contributed by atoms with Gasteiger partial charge in [0.15, 0.2) is 0 Å². The molecule has 0 atom stereocenters. The number of nitrogens with two attached hydrogens (primary N) is 1. The number of hydrogen-bond donors (Lipinski definition) is 2. The number of carbonyl (C=O) groups excluding carboxylic acids is 2. The SMILES string of the molecule is C/C(=C/C(=O)Nc1ccc(CC(=O)N2CCN(c3cc(-c4cnc(N)nc4)nc(N4CCOCC4)c3)CC2)cc1)C1CC1. The predicted octanol–water partition coefficient (Wildman–Crippen LogP) is 3.14. The van der Waals surface area contributed by atoms with E-state index in [2.05, 4.69) is 37.2 Å². The summed E-state index contributed by atoms with van der Waals surface area (Å²) in [7, 11) is 0. The van der Waals surface area contributed by atoms with Crippen LogP contribution in [0.4, 0.5) is 23.1 Å².